The van der Waals surface area contributed by atoms with Crippen LogP contribution in [0.3, 0.4) is 0 Å². The molecule has 2 aromatic rings. The van der Waals surface area contributed by atoms with Crippen LogP contribution in [0.4, 0.5) is 0 Å². The number of likely N-dealkylation sites (N-methyl/N-ethyl adjacent to an activating group) is 1. The van der Waals surface area contributed by atoms with Crippen molar-refractivity contribution in [1.82, 2.24) is 9.80 Å². The van der Waals surface area contributed by atoms with Gasteiger partial charge in [-0.2, -0.15) is 0 Å². The number of carbonyl (C=O) groups excluding carboxylic acids is 2. The van der Waals surface area contributed by atoms with E-state index in [9.17, 15) is 9.59 Å². The van der Waals surface area contributed by atoms with Gasteiger partial charge in [-0.05, 0) is 96.5 Å². The number of ketones is 2. The molecule has 230 valence electrons. The summed E-state index contributed by atoms with van der Waals surface area (Å²) in [6.07, 6.45) is 6.48. The highest BCUT2D eigenvalue weighted by molar-refractivity contribution is 5.91. The van der Waals surface area contributed by atoms with Crippen LogP contribution in [0.1, 0.15) is 76.0 Å². The van der Waals surface area contributed by atoms with Crippen molar-refractivity contribution < 1.29 is 19.1 Å². The van der Waals surface area contributed by atoms with E-state index < -0.39 is 5.41 Å². The molecule has 1 aliphatic heterocycles. The zero-order valence-corrected chi connectivity index (χ0v) is 26.6. The van der Waals surface area contributed by atoms with Gasteiger partial charge in [0.25, 0.3) is 0 Å². The molecule has 0 radical (unpaired) electrons. The van der Waals surface area contributed by atoms with E-state index in [1.165, 1.54) is 5.56 Å². The van der Waals surface area contributed by atoms with Crippen LogP contribution in [0.5, 0.6) is 11.5 Å². The molecule has 1 atom stereocenters. The molecular weight excluding hydrogens is 524 g/mol. The lowest BCUT2D eigenvalue weighted by molar-refractivity contribution is -0.144. The first-order chi connectivity index (χ1) is 20.2. The van der Waals surface area contributed by atoms with Crippen molar-refractivity contribution in [1.29, 1.82) is 0 Å². The normalized spacial score (nSPS) is 21.9. The van der Waals surface area contributed by atoms with E-state index in [0.717, 1.165) is 87.3 Å². The van der Waals surface area contributed by atoms with Gasteiger partial charge < -0.3 is 14.4 Å². The van der Waals surface area contributed by atoms with Gasteiger partial charge in [-0.25, -0.2) is 0 Å². The van der Waals surface area contributed by atoms with E-state index in [-0.39, 0.29) is 17.5 Å². The Hall–Kier alpha value is -2.70. The fraction of sp³-hybridized carbons (Fsp3) is 0.611. The van der Waals surface area contributed by atoms with Crippen LogP contribution >= 0.6 is 0 Å². The molecule has 2 aromatic carbocycles. The number of unbranched alkanes of at least 4 members (excludes halogenated alkanes) is 1. The van der Waals surface area contributed by atoms with Gasteiger partial charge in [0.2, 0.25) is 0 Å². The number of ether oxygens (including phenoxy) is 2. The third-order valence-electron chi connectivity index (χ3n) is 9.59. The van der Waals surface area contributed by atoms with Crippen molar-refractivity contribution in [3.8, 4) is 11.5 Å². The summed E-state index contributed by atoms with van der Waals surface area (Å²) >= 11 is 0. The zero-order valence-electron chi connectivity index (χ0n) is 26.6. The summed E-state index contributed by atoms with van der Waals surface area (Å²) in [7, 11) is 2.17. The maximum Gasteiger partial charge on any atom is 0.137 e. The predicted molar refractivity (Wildman–Crippen MR) is 170 cm³/mol. The Bertz CT molecular complexity index is 1140. The fourth-order valence-electron chi connectivity index (χ4n) is 6.79. The number of hydrogen-bond donors (Lipinski definition) is 0. The summed E-state index contributed by atoms with van der Waals surface area (Å²) in [6.45, 7) is 13.1. The van der Waals surface area contributed by atoms with Crippen molar-refractivity contribution in [3.63, 3.8) is 0 Å². The van der Waals surface area contributed by atoms with Crippen LogP contribution < -0.4 is 9.47 Å². The van der Waals surface area contributed by atoms with E-state index in [1.807, 2.05) is 26.8 Å². The molecule has 0 N–H and O–H groups in total. The van der Waals surface area contributed by atoms with Crippen LogP contribution in [0.15, 0.2) is 42.5 Å². The predicted octanol–water partition coefficient (Wildman–Crippen LogP) is 6.31. The Labute approximate surface area is 253 Å². The topological polar surface area (TPSA) is 59.1 Å². The van der Waals surface area contributed by atoms with E-state index in [1.54, 1.807) is 6.92 Å². The first kappa shape index (κ1) is 32.2. The van der Waals surface area contributed by atoms with Crippen LogP contribution in [-0.2, 0) is 22.4 Å². The van der Waals surface area contributed by atoms with E-state index in [0.29, 0.717) is 32.1 Å². The molecule has 0 amide bonds. The van der Waals surface area contributed by atoms with Crippen LogP contribution in [0.25, 0.3) is 0 Å². The molecule has 1 saturated heterocycles. The molecule has 2 fully saturated rings. The van der Waals surface area contributed by atoms with Gasteiger partial charge >= 0.3 is 0 Å². The Morgan fingerprint density at radius 3 is 2.12 bits per heavy atom. The maximum atomic E-state index is 14.1. The lowest BCUT2D eigenvalue weighted by Crippen LogP contribution is -2.58. The Balaban J connectivity index is 1.48. The van der Waals surface area contributed by atoms with Gasteiger partial charge in [0, 0.05) is 55.5 Å². The number of benzene rings is 2. The lowest BCUT2D eigenvalue weighted by Gasteiger charge is -2.52. The molecule has 1 aliphatic carbocycles. The average Bonchev–Trinajstić information content (AvgIpc) is 2.95. The fourth-order valence-corrected chi connectivity index (χ4v) is 6.79. The molecular formula is C36H52N2O4. The maximum absolute atomic E-state index is 14.1. The highest BCUT2D eigenvalue weighted by atomic mass is 16.5. The second-order valence-corrected chi connectivity index (χ2v) is 12.6. The van der Waals surface area contributed by atoms with Crippen molar-refractivity contribution in [3.05, 3.63) is 59.2 Å². The van der Waals surface area contributed by atoms with Crippen molar-refractivity contribution in [2.75, 3.05) is 46.4 Å². The highest BCUT2D eigenvalue weighted by Crippen LogP contribution is 2.48. The lowest BCUT2D eigenvalue weighted by atomic mass is 9.59. The Kier molecular flexibility index (Phi) is 11.6. The minimum atomic E-state index is -0.506. The first-order valence-electron chi connectivity index (χ1n) is 16.1. The molecule has 42 heavy (non-hydrogen) atoms. The van der Waals surface area contributed by atoms with Gasteiger partial charge in [0.05, 0.1) is 13.2 Å². The van der Waals surface area contributed by atoms with Gasteiger partial charge in [0.15, 0.2) is 0 Å². The van der Waals surface area contributed by atoms with Crippen molar-refractivity contribution in [2.45, 2.75) is 85.1 Å². The summed E-state index contributed by atoms with van der Waals surface area (Å²) < 4.78 is 11.9. The van der Waals surface area contributed by atoms with Gasteiger partial charge in [-0.1, -0.05) is 36.8 Å². The smallest absolute Gasteiger partial charge is 0.137 e. The number of piperazine rings is 1. The summed E-state index contributed by atoms with van der Waals surface area (Å²) in [5, 5.41) is 0. The second kappa shape index (κ2) is 15.2. The molecule has 4 rings (SSSR count). The highest BCUT2D eigenvalue weighted by Gasteiger charge is 2.51. The van der Waals surface area contributed by atoms with Crippen molar-refractivity contribution >= 4 is 11.6 Å². The average molecular weight is 577 g/mol. The molecule has 2 aliphatic rings. The molecule has 0 aromatic heterocycles. The zero-order chi connectivity index (χ0) is 30.1. The molecule has 0 bridgehead atoms. The summed E-state index contributed by atoms with van der Waals surface area (Å²) in [4.78, 5) is 32.0. The first-order valence-corrected chi connectivity index (χ1v) is 16.1. The number of hydrogen-bond acceptors (Lipinski definition) is 6. The third-order valence-corrected chi connectivity index (χ3v) is 9.59. The minimum absolute atomic E-state index is 0.133. The van der Waals surface area contributed by atoms with Crippen LogP contribution in [0.2, 0.25) is 0 Å². The van der Waals surface area contributed by atoms with Crippen LogP contribution in [-0.4, -0.2) is 73.8 Å². The Morgan fingerprint density at radius 2 is 1.55 bits per heavy atom. The minimum Gasteiger partial charge on any atom is -0.493 e. The van der Waals surface area contributed by atoms with Gasteiger partial charge in [-0.3, -0.25) is 14.5 Å². The molecule has 1 saturated carbocycles. The third kappa shape index (κ3) is 8.23. The van der Waals surface area contributed by atoms with E-state index in [4.69, 9.17) is 9.47 Å². The van der Waals surface area contributed by atoms with E-state index in [2.05, 4.69) is 53.2 Å². The number of rotatable bonds is 16. The molecule has 0 spiro atoms. The summed E-state index contributed by atoms with van der Waals surface area (Å²) in [5.74, 6) is 1.92. The SMILES string of the molecule is CCOc1cc(CC(CCCCc2ccccc2)C(=O)CC2(C(C)=O)CC(N3CCN(C)CC3)C2)cc(OCC)c1C. The van der Waals surface area contributed by atoms with Gasteiger partial charge in [-0.15, -0.1) is 0 Å². The van der Waals surface area contributed by atoms with E-state index >= 15 is 0 Å². The number of Topliss-reactive ketones (excluding diaryl/α,β-unsaturated/α-hetero) is 2. The molecule has 6 nitrogen and oxygen atoms in total. The summed E-state index contributed by atoms with van der Waals surface area (Å²) in [5.41, 5.74) is 2.89. The number of nitrogens with zero attached hydrogens (tertiary/aromatic N) is 2. The number of aryl methyl sites for hydroxylation is 1. The summed E-state index contributed by atoms with van der Waals surface area (Å²) in [6, 6.07) is 15.1. The van der Waals surface area contributed by atoms with Crippen LogP contribution in [0, 0.1) is 18.3 Å². The van der Waals surface area contributed by atoms with Crippen molar-refractivity contribution in [2.24, 2.45) is 11.3 Å². The molecule has 6 heteroatoms. The largest absolute Gasteiger partial charge is 0.493 e. The standard InChI is InChI=1S/C36H52N2O4/c1-6-41-34-22-30(23-35(27(34)3)42-7-2)21-31(16-12-11-15-29-13-9-8-10-14-29)33(40)26-36(28(4)39)24-32(25-36)38-19-17-37(5)18-20-38/h8-10,13-14,22-23,31-32H,6-7,11-12,15-21,24-26H2,1-5H3. The quantitative estimate of drug-likeness (QED) is 0.218. The number of carbonyl (C=O) groups is 2. The molecule has 1 unspecified atom stereocenters. The monoisotopic (exact) mass is 576 g/mol. The van der Waals surface area contributed by atoms with Gasteiger partial charge in [0.1, 0.15) is 23.1 Å². The second-order valence-electron chi connectivity index (χ2n) is 12.6. The molecule has 1 heterocycles. The Morgan fingerprint density at radius 1 is 0.929 bits per heavy atom.